The number of ether oxygens (including phenoxy) is 1. The van der Waals surface area contributed by atoms with Gasteiger partial charge in [-0.05, 0) is 37.1 Å². The Morgan fingerprint density at radius 3 is 2.22 bits per heavy atom. The molecule has 0 aromatic heterocycles. The Hall–Kier alpha value is -1.80. The molecular formula is C16H18O2. The topological polar surface area (TPSA) is 29.5 Å². The molecule has 2 aromatic rings. The lowest BCUT2D eigenvalue weighted by molar-refractivity contribution is 0.216. The number of hydrogen-bond donors (Lipinski definition) is 1. The lowest BCUT2D eigenvalue weighted by Gasteiger charge is -2.14. The van der Waals surface area contributed by atoms with Crippen molar-refractivity contribution in [2.45, 2.75) is 26.1 Å². The Morgan fingerprint density at radius 1 is 0.889 bits per heavy atom. The van der Waals surface area contributed by atoms with E-state index in [1.54, 1.807) is 0 Å². The highest BCUT2D eigenvalue weighted by Crippen LogP contribution is 2.25. The molecule has 0 aliphatic carbocycles. The molecule has 94 valence electrons. The summed E-state index contributed by atoms with van der Waals surface area (Å²) in [5.41, 5.74) is 1.73. The molecule has 18 heavy (non-hydrogen) atoms. The fourth-order valence-corrected chi connectivity index (χ4v) is 1.86. The summed E-state index contributed by atoms with van der Waals surface area (Å²) in [6.45, 7) is 3.97. The smallest absolute Gasteiger partial charge is 0.120 e. The molecule has 0 fully saturated rings. The molecule has 2 heteroatoms. The van der Waals surface area contributed by atoms with Crippen molar-refractivity contribution in [3.63, 3.8) is 0 Å². The highest BCUT2D eigenvalue weighted by Gasteiger charge is 2.10. The van der Waals surface area contributed by atoms with Crippen LogP contribution in [0.1, 0.15) is 31.1 Å². The van der Waals surface area contributed by atoms with Gasteiger partial charge in [-0.3, -0.25) is 0 Å². The van der Waals surface area contributed by atoms with Gasteiger partial charge in [0.2, 0.25) is 0 Å². The van der Waals surface area contributed by atoms with Crippen molar-refractivity contribution >= 4 is 0 Å². The van der Waals surface area contributed by atoms with E-state index in [4.69, 9.17) is 4.74 Å². The Kier molecular flexibility index (Phi) is 4.00. The third-order valence-corrected chi connectivity index (χ3v) is 2.66. The Bertz CT molecular complexity index is 491. The molecule has 0 aliphatic rings. The van der Waals surface area contributed by atoms with Crippen LogP contribution in [0.15, 0.2) is 54.6 Å². The molecule has 2 nitrogen and oxygen atoms in total. The van der Waals surface area contributed by atoms with Crippen LogP contribution in [0.5, 0.6) is 5.75 Å². The summed E-state index contributed by atoms with van der Waals surface area (Å²) in [4.78, 5) is 0. The molecule has 1 atom stereocenters. The van der Waals surface area contributed by atoms with Gasteiger partial charge in [0.25, 0.3) is 0 Å². The Morgan fingerprint density at radius 2 is 1.56 bits per heavy atom. The second-order valence-electron chi connectivity index (χ2n) is 4.55. The SMILES string of the molecule is CC(C)Oc1cccc([C@H](O)c2ccccc2)c1. The molecule has 0 bridgehead atoms. The third-order valence-electron chi connectivity index (χ3n) is 2.66. The van der Waals surface area contributed by atoms with Crippen LogP contribution in [-0.4, -0.2) is 11.2 Å². The van der Waals surface area contributed by atoms with Gasteiger partial charge < -0.3 is 9.84 Å². The second kappa shape index (κ2) is 5.69. The number of hydrogen-bond acceptors (Lipinski definition) is 2. The van der Waals surface area contributed by atoms with Gasteiger partial charge in [-0.1, -0.05) is 42.5 Å². The lowest BCUT2D eigenvalue weighted by Crippen LogP contribution is -2.06. The maximum atomic E-state index is 10.3. The number of rotatable bonds is 4. The number of aliphatic hydroxyl groups excluding tert-OH is 1. The van der Waals surface area contributed by atoms with E-state index in [0.29, 0.717) is 0 Å². The zero-order chi connectivity index (χ0) is 13.0. The van der Waals surface area contributed by atoms with E-state index in [2.05, 4.69) is 0 Å². The summed E-state index contributed by atoms with van der Waals surface area (Å²) in [5, 5.41) is 10.3. The van der Waals surface area contributed by atoms with Crippen LogP contribution in [0.4, 0.5) is 0 Å². The van der Waals surface area contributed by atoms with Crippen molar-refractivity contribution in [3.8, 4) is 5.75 Å². The molecular weight excluding hydrogens is 224 g/mol. The molecule has 0 saturated carbocycles. The molecule has 0 saturated heterocycles. The minimum atomic E-state index is -0.609. The van der Waals surface area contributed by atoms with Crippen molar-refractivity contribution < 1.29 is 9.84 Å². The predicted octanol–water partition coefficient (Wildman–Crippen LogP) is 3.56. The van der Waals surface area contributed by atoms with Gasteiger partial charge in [-0.25, -0.2) is 0 Å². The van der Waals surface area contributed by atoms with Gasteiger partial charge in [0.15, 0.2) is 0 Å². The first kappa shape index (κ1) is 12.7. The van der Waals surface area contributed by atoms with Crippen LogP contribution < -0.4 is 4.74 Å². The fourth-order valence-electron chi connectivity index (χ4n) is 1.86. The van der Waals surface area contributed by atoms with Crippen molar-refractivity contribution in [2.24, 2.45) is 0 Å². The van der Waals surface area contributed by atoms with E-state index in [0.717, 1.165) is 16.9 Å². The molecule has 0 aliphatic heterocycles. The highest BCUT2D eigenvalue weighted by atomic mass is 16.5. The third kappa shape index (κ3) is 3.11. The van der Waals surface area contributed by atoms with Crippen molar-refractivity contribution in [1.29, 1.82) is 0 Å². The van der Waals surface area contributed by atoms with E-state index < -0.39 is 6.10 Å². The summed E-state index contributed by atoms with van der Waals surface area (Å²) in [6.07, 6.45) is -0.476. The Balaban J connectivity index is 2.23. The van der Waals surface area contributed by atoms with Gasteiger partial charge >= 0.3 is 0 Å². The van der Waals surface area contributed by atoms with Crippen LogP contribution in [0.25, 0.3) is 0 Å². The van der Waals surface area contributed by atoms with Crippen molar-refractivity contribution in [2.75, 3.05) is 0 Å². The number of aliphatic hydroxyl groups is 1. The standard InChI is InChI=1S/C16H18O2/c1-12(2)18-15-10-6-9-14(11-15)16(17)13-7-4-3-5-8-13/h3-12,16-17H,1-2H3/t16-/m1/s1. The first-order chi connectivity index (χ1) is 8.66. The first-order valence-corrected chi connectivity index (χ1v) is 6.16. The quantitative estimate of drug-likeness (QED) is 0.888. The molecule has 0 heterocycles. The van der Waals surface area contributed by atoms with Crippen LogP contribution in [0.3, 0.4) is 0 Å². The average molecular weight is 242 g/mol. The molecule has 0 amide bonds. The fraction of sp³-hybridized carbons (Fsp3) is 0.250. The Labute approximate surface area is 108 Å². The van der Waals surface area contributed by atoms with E-state index >= 15 is 0 Å². The van der Waals surface area contributed by atoms with Gasteiger partial charge in [0, 0.05) is 0 Å². The predicted molar refractivity (Wildman–Crippen MR) is 72.7 cm³/mol. The van der Waals surface area contributed by atoms with Gasteiger partial charge in [0.1, 0.15) is 11.9 Å². The van der Waals surface area contributed by atoms with Gasteiger partial charge in [-0.15, -0.1) is 0 Å². The summed E-state index contributed by atoms with van der Waals surface area (Å²) in [7, 11) is 0. The molecule has 2 aromatic carbocycles. The first-order valence-electron chi connectivity index (χ1n) is 6.16. The minimum absolute atomic E-state index is 0.133. The van der Waals surface area contributed by atoms with Gasteiger partial charge in [0.05, 0.1) is 6.10 Å². The van der Waals surface area contributed by atoms with E-state index in [1.165, 1.54) is 0 Å². The second-order valence-corrected chi connectivity index (χ2v) is 4.55. The van der Waals surface area contributed by atoms with Crippen LogP contribution in [0, 0.1) is 0 Å². The van der Waals surface area contributed by atoms with Gasteiger partial charge in [-0.2, -0.15) is 0 Å². The lowest BCUT2D eigenvalue weighted by atomic mass is 10.0. The number of benzene rings is 2. The van der Waals surface area contributed by atoms with E-state index in [-0.39, 0.29) is 6.10 Å². The van der Waals surface area contributed by atoms with Crippen LogP contribution in [-0.2, 0) is 0 Å². The maximum Gasteiger partial charge on any atom is 0.120 e. The molecule has 0 unspecified atom stereocenters. The van der Waals surface area contributed by atoms with Crippen molar-refractivity contribution in [3.05, 3.63) is 65.7 Å². The molecule has 1 N–H and O–H groups in total. The van der Waals surface area contributed by atoms with E-state index in [9.17, 15) is 5.11 Å². The molecule has 2 rings (SSSR count). The normalized spacial score (nSPS) is 12.4. The average Bonchev–Trinajstić information content (AvgIpc) is 2.38. The summed E-state index contributed by atoms with van der Waals surface area (Å²) >= 11 is 0. The molecule has 0 radical (unpaired) electrons. The van der Waals surface area contributed by atoms with Crippen LogP contribution in [0.2, 0.25) is 0 Å². The summed E-state index contributed by atoms with van der Waals surface area (Å²) in [6, 6.07) is 17.2. The maximum absolute atomic E-state index is 10.3. The zero-order valence-corrected chi connectivity index (χ0v) is 10.7. The summed E-state index contributed by atoms with van der Waals surface area (Å²) < 4.78 is 5.63. The highest BCUT2D eigenvalue weighted by molar-refractivity contribution is 5.35. The zero-order valence-electron chi connectivity index (χ0n) is 10.7. The van der Waals surface area contributed by atoms with Crippen LogP contribution >= 0.6 is 0 Å². The largest absolute Gasteiger partial charge is 0.491 e. The van der Waals surface area contributed by atoms with E-state index in [1.807, 2.05) is 68.4 Å². The minimum Gasteiger partial charge on any atom is -0.491 e. The monoisotopic (exact) mass is 242 g/mol. The summed E-state index contributed by atoms with van der Waals surface area (Å²) in [5.74, 6) is 0.789. The van der Waals surface area contributed by atoms with Crippen molar-refractivity contribution in [1.82, 2.24) is 0 Å². The molecule has 0 spiro atoms.